The number of nitrogens with zero attached hydrogens (tertiary/aromatic N) is 1. The number of anilines is 2. The normalized spacial score (nSPS) is 18.4. The topological polar surface area (TPSA) is 12.5 Å². The van der Waals surface area contributed by atoms with Crippen molar-refractivity contribution in [1.29, 1.82) is 0 Å². The number of rotatable bonds is 6. The Hall–Kier alpha value is -7.26. The van der Waals surface area contributed by atoms with E-state index in [1.807, 2.05) is 7.11 Å². The summed E-state index contributed by atoms with van der Waals surface area (Å²) in [5, 5.41) is 12.7. The SMILES string of the molecule is COC12CCCCC1(C)N(c1ccccc1)c1ccc(-c3cc(-c4cccc5ccccc45)c4ccc5c(-c6ccccc6)cc(-c6cccc7ccccc67)c6ccc3c4c56)cc12. The lowest BCUT2D eigenvalue weighted by Gasteiger charge is -2.50. The van der Waals surface area contributed by atoms with Crippen LogP contribution in [0.5, 0.6) is 0 Å². The van der Waals surface area contributed by atoms with Gasteiger partial charge >= 0.3 is 0 Å². The molecule has 0 spiro atoms. The second kappa shape index (κ2) is 14.1. The molecule has 11 aromatic rings. The first-order valence-corrected chi connectivity index (χ1v) is 22.9. The van der Waals surface area contributed by atoms with Gasteiger partial charge in [-0.1, -0.05) is 177 Å². The Morgan fingerprint density at radius 2 is 0.906 bits per heavy atom. The summed E-state index contributed by atoms with van der Waals surface area (Å²) in [5.74, 6) is 0. The molecule has 1 aliphatic carbocycles. The number of methoxy groups -OCH3 is 1. The predicted molar refractivity (Wildman–Crippen MR) is 271 cm³/mol. The minimum Gasteiger partial charge on any atom is -0.371 e. The Morgan fingerprint density at radius 3 is 1.50 bits per heavy atom. The first-order valence-electron chi connectivity index (χ1n) is 22.9. The molecule has 0 saturated heterocycles. The molecule has 11 aromatic carbocycles. The zero-order chi connectivity index (χ0) is 42.6. The van der Waals surface area contributed by atoms with E-state index in [2.05, 4.69) is 212 Å². The van der Waals surface area contributed by atoms with Crippen LogP contribution in [0.1, 0.15) is 38.2 Å². The average Bonchev–Trinajstić information content (AvgIpc) is 3.59. The Balaban J connectivity index is 1.16. The van der Waals surface area contributed by atoms with E-state index in [4.69, 9.17) is 4.74 Å². The average molecular weight is 822 g/mol. The van der Waals surface area contributed by atoms with Gasteiger partial charge in [-0.3, -0.25) is 0 Å². The van der Waals surface area contributed by atoms with Gasteiger partial charge in [-0.15, -0.1) is 0 Å². The molecule has 2 heteroatoms. The lowest BCUT2D eigenvalue weighted by atomic mass is 9.68. The first kappa shape index (κ1) is 37.3. The minimum absolute atomic E-state index is 0.231. The van der Waals surface area contributed by atoms with Crippen LogP contribution >= 0.6 is 0 Å². The van der Waals surface area contributed by atoms with Gasteiger partial charge < -0.3 is 9.64 Å². The Morgan fingerprint density at radius 1 is 0.406 bits per heavy atom. The van der Waals surface area contributed by atoms with Gasteiger partial charge in [-0.2, -0.15) is 0 Å². The van der Waals surface area contributed by atoms with E-state index in [0.717, 1.165) is 19.3 Å². The van der Waals surface area contributed by atoms with Crippen LogP contribution < -0.4 is 4.90 Å². The summed E-state index contributed by atoms with van der Waals surface area (Å²) in [6.07, 6.45) is 4.37. The van der Waals surface area contributed by atoms with Crippen LogP contribution in [0, 0.1) is 0 Å². The largest absolute Gasteiger partial charge is 0.371 e. The van der Waals surface area contributed by atoms with Gasteiger partial charge in [0.15, 0.2) is 0 Å². The molecule has 1 heterocycles. The molecular formula is C62H47NO. The molecule has 2 nitrogen and oxygen atoms in total. The van der Waals surface area contributed by atoms with E-state index >= 15 is 0 Å². The smallest absolute Gasteiger partial charge is 0.118 e. The van der Waals surface area contributed by atoms with Gasteiger partial charge in [0.25, 0.3) is 0 Å². The Labute approximate surface area is 374 Å². The van der Waals surface area contributed by atoms with Crippen molar-refractivity contribution in [2.45, 2.75) is 43.7 Å². The summed E-state index contributed by atoms with van der Waals surface area (Å²) in [7, 11) is 1.95. The highest BCUT2D eigenvalue weighted by Crippen LogP contribution is 2.62. The molecule has 13 rings (SSSR count). The lowest BCUT2D eigenvalue weighted by Crippen LogP contribution is -2.57. The third kappa shape index (κ3) is 5.18. The molecule has 1 saturated carbocycles. The standard InChI is InChI=1S/C62H47NO/c1-61-35-13-14-36-62(61,64-2)57-37-43(29-34-58(57)63(61)44-23-7-4-8-24-44)54-39-56(48-28-16-22-41-20-10-12-26-46(41)48)52-32-30-49-53(42-17-5-3-6-18-42)38-55(51-33-31-50(54)60(52)59(49)51)47-27-15-21-40-19-9-11-25-45(40)47/h3-12,15-34,37-39H,13-14,35-36H2,1-2H3. The Kier molecular flexibility index (Phi) is 8.23. The van der Waals surface area contributed by atoms with Crippen LogP contribution in [0.2, 0.25) is 0 Å². The molecule has 2 atom stereocenters. The summed E-state index contributed by atoms with van der Waals surface area (Å²) in [4.78, 5) is 2.60. The van der Waals surface area contributed by atoms with Crippen LogP contribution in [0.4, 0.5) is 11.4 Å². The molecule has 1 aliphatic heterocycles. The third-order valence-electron chi connectivity index (χ3n) is 15.3. The zero-order valence-corrected chi connectivity index (χ0v) is 36.2. The summed E-state index contributed by atoms with van der Waals surface area (Å²) in [6.45, 7) is 2.44. The minimum atomic E-state index is -0.452. The second-order valence-electron chi connectivity index (χ2n) is 18.3. The number of benzene rings is 11. The van der Waals surface area contributed by atoms with Crippen LogP contribution in [-0.4, -0.2) is 12.6 Å². The fraction of sp³-hybridized carbons (Fsp3) is 0.129. The van der Waals surface area contributed by atoms with Crippen molar-refractivity contribution in [3.63, 3.8) is 0 Å². The van der Waals surface area contributed by atoms with Crippen LogP contribution in [0.15, 0.2) is 200 Å². The quantitative estimate of drug-likeness (QED) is 0.155. The predicted octanol–water partition coefficient (Wildman–Crippen LogP) is 16.9. The van der Waals surface area contributed by atoms with Gasteiger partial charge in [0.1, 0.15) is 5.60 Å². The van der Waals surface area contributed by atoms with Crippen LogP contribution in [0.25, 0.3) is 98.4 Å². The molecule has 2 aliphatic rings. The molecule has 0 amide bonds. The summed E-state index contributed by atoms with van der Waals surface area (Å²) in [5.41, 5.74) is 13.0. The fourth-order valence-corrected chi connectivity index (χ4v) is 12.4. The third-order valence-corrected chi connectivity index (χ3v) is 15.3. The van der Waals surface area contributed by atoms with Crippen molar-refractivity contribution in [2.24, 2.45) is 0 Å². The van der Waals surface area contributed by atoms with Crippen molar-refractivity contribution >= 4 is 65.2 Å². The molecule has 1 fully saturated rings. The van der Waals surface area contributed by atoms with E-state index in [1.54, 1.807) is 0 Å². The van der Waals surface area contributed by atoms with Gasteiger partial charge in [0.05, 0.1) is 5.54 Å². The second-order valence-corrected chi connectivity index (χ2v) is 18.3. The highest BCUT2D eigenvalue weighted by molar-refractivity contribution is 6.32. The van der Waals surface area contributed by atoms with Gasteiger partial charge in [-0.05, 0) is 155 Å². The zero-order valence-electron chi connectivity index (χ0n) is 36.2. The fourth-order valence-electron chi connectivity index (χ4n) is 12.4. The summed E-state index contributed by atoms with van der Waals surface area (Å²) < 4.78 is 6.90. The molecule has 306 valence electrons. The molecule has 0 radical (unpaired) electrons. The maximum atomic E-state index is 6.90. The van der Waals surface area contributed by atoms with Crippen molar-refractivity contribution in [3.8, 4) is 44.5 Å². The summed E-state index contributed by atoms with van der Waals surface area (Å²) in [6, 6.07) is 75.0. The molecular weight excluding hydrogens is 775 g/mol. The number of fused-ring (bicyclic) bond motifs is 5. The van der Waals surface area contributed by atoms with Gasteiger partial charge in [-0.25, -0.2) is 0 Å². The Bertz CT molecular complexity index is 3620. The molecule has 64 heavy (non-hydrogen) atoms. The summed E-state index contributed by atoms with van der Waals surface area (Å²) >= 11 is 0. The number of ether oxygens (including phenoxy) is 1. The van der Waals surface area contributed by atoms with Gasteiger partial charge in [0, 0.05) is 24.0 Å². The maximum Gasteiger partial charge on any atom is 0.118 e. The monoisotopic (exact) mass is 821 g/mol. The van der Waals surface area contributed by atoms with E-state index in [9.17, 15) is 0 Å². The highest BCUT2D eigenvalue weighted by atomic mass is 16.5. The number of hydrogen-bond donors (Lipinski definition) is 0. The van der Waals surface area contributed by atoms with Crippen LogP contribution in [-0.2, 0) is 10.3 Å². The van der Waals surface area contributed by atoms with E-state index in [-0.39, 0.29) is 5.54 Å². The van der Waals surface area contributed by atoms with Crippen molar-refractivity contribution in [1.82, 2.24) is 0 Å². The number of hydrogen-bond acceptors (Lipinski definition) is 2. The van der Waals surface area contributed by atoms with Gasteiger partial charge in [0.2, 0.25) is 0 Å². The van der Waals surface area contributed by atoms with Crippen molar-refractivity contribution in [2.75, 3.05) is 12.0 Å². The highest BCUT2D eigenvalue weighted by Gasteiger charge is 2.61. The first-order chi connectivity index (χ1) is 31.6. The maximum absolute atomic E-state index is 6.90. The molecule has 0 bridgehead atoms. The van der Waals surface area contributed by atoms with Crippen LogP contribution in [0.3, 0.4) is 0 Å². The van der Waals surface area contributed by atoms with E-state index in [0.29, 0.717) is 0 Å². The molecule has 0 aromatic heterocycles. The van der Waals surface area contributed by atoms with E-state index in [1.165, 1.54) is 122 Å². The lowest BCUT2D eigenvalue weighted by molar-refractivity contribution is -0.0871. The van der Waals surface area contributed by atoms with Crippen molar-refractivity contribution in [3.05, 3.63) is 206 Å². The molecule has 2 unspecified atom stereocenters. The molecule has 0 N–H and O–H groups in total. The van der Waals surface area contributed by atoms with Crippen molar-refractivity contribution < 1.29 is 4.74 Å². The number of para-hydroxylation sites is 1. The van der Waals surface area contributed by atoms with E-state index < -0.39 is 5.60 Å².